The van der Waals surface area contributed by atoms with Gasteiger partial charge in [-0.15, -0.1) is 11.8 Å². The molecule has 0 spiro atoms. The van der Waals surface area contributed by atoms with Crippen molar-refractivity contribution >= 4 is 29.3 Å². The lowest BCUT2D eigenvalue weighted by molar-refractivity contribution is 0.0939. The molecular formula is C20H24ClNO2S. The first kappa shape index (κ1) is 19.7. The fraction of sp³-hybridized carbons (Fsp3) is 0.350. The average Bonchev–Trinajstić information content (AvgIpc) is 2.62. The first-order chi connectivity index (χ1) is 12.0. The average molecular weight is 378 g/mol. The van der Waals surface area contributed by atoms with Crippen LogP contribution in [-0.2, 0) is 5.75 Å². The lowest BCUT2D eigenvalue weighted by Gasteiger charge is -2.14. The third kappa shape index (κ3) is 5.98. The van der Waals surface area contributed by atoms with Crippen molar-refractivity contribution in [3.63, 3.8) is 0 Å². The highest BCUT2D eigenvalue weighted by atomic mass is 35.5. The molecule has 0 fully saturated rings. The number of carbonyl (C=O) groups excluding carboxylic acids is 1. The molecule has 2 aromatic carbocycles. The number of amides is 1. The lowest BCUT2D eigenvalue weighted by atomic mass is 10.1. The Hall–Kier alpha value is -1.65. The van der Waals surface area contributed by atoms with Gasteiger partial charge >= 0.3 is 0 Å². The van der Waals surface area contributed by atoms with Crippen LogP contribution in [0.2, 0.25) is 5.02 Å². The number of hydrogen-bond donors (Lipinski definition) is 1. The van der Waals surface area contributed by atoms with Crippen molar-refractivity contribution in [1.82, 2.24) is 5.32 Å². The van der Waals surface area contributed by atoms with Crippen molar-refractivity contribution in [2.24, 2.45) is 0 Å². The molecule has 5 heteroatoms. The Morgan fingerprint density at radius 1 is 1.20 bits per heavy atom. The second kappa shape index (κ2) is 9.73. The normalized spacial score (nSPS) is 11.8. The molecule has 0 bridgehead atoms. The maximum atomic E-state index is 12.4. The molecule has 134 valence electrons. The van der Waals surface area contributed by atoms with Gasteiger partial charge in [-0.05, 0) is 62.7 Å². The van der Waals surface area contributed by atoms with E-state index in [0.29, 0.717) is 12.2 Å². The predicted molar refractivity (Wildman–Crippen MR) is 106 cm³/mol. The Labute approximate surface area is 159 Å². The van der Waals surface area contributed by atoms with E-state index in [2.05, 4.69) is 12.2 Å². The molecule has 0 saturated heterocycles. The van der Waals surface area contributed by atoms with Crippen LogP contribution in [0.3, 0.4) is 0 Å². The molecule has 0 aliphatic carbocycles. The minimum atomic E-state index is -0.0462. The Kier molecular flexibility index (Phi) is 7.66. The highest BCUT2D eigenvalue weighted by molar-refractivity contribution is 7.98. The van der Waals surface area contributed by atoms with Crippen LogP contribution in [0.1, 0.15) is 43.1 Å². The van der Waals surface area contributed by atoms with Gasteiger partial charge in [-0.3, -0.25) is 4.79 Å². The Bertz CT molecular complexity index is 703. The minimum Gasteiger partial charge on any atom is -0.494 e. The van der Waals surface area contributed by atoms with Gasteiger partial charge in [-0.1, -0.05) is 18.5 Å². The number of halogens is 1. The lowest BCUT2D eigenvalue weighted by Crippen LogP contribution is -2.31. The van der Waals surface area contributed by atoms with Crippen LogP contribution in [0, 0.1) is 0 Å². The highest BCUT2D eigenvalue weighted by Crippen LogP contribution is 2.29. The first-order valence-corrected chi connectivity index (χ1v) is 9.84. The predicted octanol–water partition coefficient (Wildman–Crippen LogP) is 5.56. The summed E-state index contributed by atoms with van der Waals surface area (Å²) in [5, 5.41) is 3.73. The Morgan fingerprint density at radius 2 is 1.92 bits per heavy atom. The maximum Gasteiger partial charge on any atom is 0.251 e. The number of carbonyl (C=O) groups is 1. The van der Waals surface area contributed by atoms with Crippen LogP contribution in [0.5, 0.6) is 5.75 Å². The van der Waals surface area contributed by atoms with E-state index < -0.39 is 0 Å². The highest BCUT2D eigenvalue weighted by Gasteiger charge is 2.12. The molecule has 2 rings (SSSR count). The number of benzene rings is 2. The van der Waals surface area contributed by atoms with E-state index in [9.17, 15) is 4.79 Å². The van der Waals surface area contributed by atoms with Gasteiger partial charge in [-0.25, -0.2) is 0 Å². The van der Waals surface area contributed by atoms with Crippen LogP contribution in [0.15, 0.2) is 47.4 Å². The molecule has 1 atom stereocenters. The summed E-state index contributed by atoms with van der Waals surface area (Å²) in [5.74, 6) is 1.50. The van der Waals surface area contributed by atoms with Gasteiger partial charge in [-0.2, -0.15) is 0 Å². The second-order valence-electron chi connectivity index (χ2n) is 5.78. The molecule has 0 heterocycles. The molecule has 1 amide bonds. The molecule has 0 unspecified atom stereocenters. The number of ether oxygens (including phenoxy) is 1. The summed E-state index contributed by atoms with van der Waals surface area (Å²) in [6.07, 6.45) is 0.905. The van der Waals surface area contributed by atoms with Crippen LogP contribution in [0.4, 0.5) is 0 Å². The third-order valence-electron chi connectivity index (χ3n) is 3.82. The molecule has 0 radical (unpaired) electrons. The van der Waals surface area contributed by atoms with Crippen molar-refractivity contribution in [2.75, 3.05) is 6.61 Å². The van der Waals surface area contributed by atoms with Crippen molar-refractivity contribution in [1.29, 1.82) is 0 Å². The molecule has 1 N–H and O–H groups in total. The van der Waals surface area contributed by atoms with Gasteiger partial charge in [0.25, 0.3) is 5.91 Å². The van der Waals surface area contributed by atoms with Crippen molar-refractivity contribution in [3.8, 4) is 5.75 Å². The van der Waals surface area contributed by atoms with Gasteiger partial charge in [0.2, 0.25) is 0 Å². The van der Waals surface area contributed by atoms with Gasteiger partial charge in [0, 0.05) is 32.8 Å². The Balaban J connectivity index is 2.16. The van der Waals surface area contributed by atoms with E-state index in [4.69, 9.17) is 16.3 Å². The molecular weight excluding hydrogens is 354 g/mol. The smallest absolute Gasteiger partial charge is 0.251 e. The summed E-state index contributed by atoms with van der Waals surface area (Å²) in [5.41, 5.74) is 1.68. The number of thioether (sulfide) groups is 1. The van der Waals surface area contributed by atoms with Crippen molar-refractivity contribution in [2.45, 2.75) is 43.9 Å². The van der Waals surface area contributed by atoms with Crippen molar-refractivity contribution < 1.29 is 9.53 Å². The summed E-state index contributed by atoms with van der Waals surface area (Å²) in [6.45, 7) is 6.61. The molecule has 2 aromatic rings. The minimum absolute atomic E-state index is 0.0462. The summed E-state index contributed by atoms with van der Waals surface area (Å²) in [6, 6.07) is 13.5. The second-order valence-corrected chi connectivity index (χ2v) is 7.27. The SMILES string of the molecule is CCOc1ccc(C(=O)N[C@@H](C)CC)cc1CSc1ccc(Cl)cc1. The van der Waals surface area contributed by atoms with Crippen LogP contribution < -0.4 is 10.1 Å². The Morgan fingerprint density at radius 3 is 2.56 bits per heavy atom. The van der Waals surface area contributed by atoms with E-state index in [1.165, 1.54) is 0 Å². The standard InChI is InChI=1S/C20H24ClNO2S/c1-4-14(3)22-20(23)15-6-11-19(24-5-2)16(12-15)13-25-18-9-7-17(21)8-10-18/h6-12,14H,4-5,13H2,1-3H3,(H,22,23)/t14-/m0/s1. The summed E-state index contributed by atoms with van der Waals surface area (Å²) < 4.78 is 5.72. The van der Waals surface area contributed by atoms with E-state index >= 15 is 0 Å². The van der Waals surface area contributed by atoms with Crippen LogP contribution in [0.25, 0.3) is 0 Å². The van der Waals surface area contributed by atoms with Gasteiger partial charge in [0.05, 0.1) is 6.61 Å². The molecule has 0 aliphatic heterocycles. The molecule has 3 nitrogen and oxygen atoms in total. The zero-order chi connectivity index (χ0) is 18.2. The fourth-order valence-corrected chi connectivity index (χ4v) is 3.23. The number of nitrogens with one attached hydrogen (secondary N) is 1. The summed E-state index contributed by atoms with van der Waals surface area (Å²) >= 11 is 7.62. The van der Waals surface area contributed by atoms with Crippen LogP contribution >= 0.6 is 23.4 Å². The third-order valence-corrected chi connectivity index (χ3v) is 5.13. The summed E-state index contributed by atoms with van der Waals surface area (Å²) in [4.78, 5) is 13.5. The van der Waals surface area contributed by atoms with E-state index in [1.54, 1.807) is 11.8 Å². The van der Waals surface area contributed by atoms with E-state index in [1.807, 2.05) is 56.3 Å². The number of hydrogen-bond acceptors (Lipinski definition) is 3. The summed E-state index contributed by atoms with van der Waals surface area (Å²) in [7, 11) is 0. The fourth-order valence-electron chi connectivity index (χ4n) is 2.23. The molecule has 0 aromatic heterocycles. The molecule has 0 saturated carbocycles. The monoisotopic (exact) mass is 377 g/mol. The topological polar surface area (TPSA) is 38.3 Å². The zero-order valence-corrected chi connectivity index (χ0v) is 16.4. The van der Waals surface area contributed by atoms with Crippen LogP contribution in [-0.4, -0.2) is 18.6 Å². The maximum absolute atomic E-state index is 12.4. The quantitative estimate of drug-likeness (QED) is 0.612. The molecule has 0 aliphatic rings. The molecule has 25 heavy (non-hydrogen) atoms. The largest absolute Gasteiger partial charge is 0.494 e. The van der Waals surface area contributed by atoms with E-state index in [0.717, 1.165) is 33.4 Å². The van der Waals surface area contributed by atoms with Crippen molar-refractivity contribution in [3.05, 3.63) is 58.6 Å². The van der Waals surface area contributed by atoms with E-state index in [-0.39, 0.29) is 11.9 Å². The first-order valence-electron chi connectivity index (χ1n) is 8.48. The van der Waals surface area contributed by atoms with Gasteiger partial charge in [0.1, 0.15) is 5.75 Å². The zero-order valence-electron chi connectivity index (χ0n) is 14.8. The number of rotatable bonds is 8. The van der Waals surface area contributed by atoms with Gasteiger partial charge in [0.15, 0.2) is 0 Å². The van der Waals surface area contributed by atoms with Gasteiger partial charge < -0.3 is 10.1 Å².